The second kappa shape index (κ2) is 9.09. The van der Waals surface area contributed by atoms with Gasteiger partial charge in [-0.05, 0) is 55.0 Å². The van der Waals surface area contributed by atoms with Gasteiger partial charge in [-0.1, -0.05) is 67.1 Å². The number of amides is 1. The molecule has 4 heteroatoms. The molecular weight excluding hydrogens is 392 g/mol. The van der Waals surface area contributed by atoms with Crippen LogP contribution in [0.4, 0.5) is 0 Å². The van der Waals surface area contributed by atoms with Gasteiger partial charge >= 0.3 is 0 Å². The average molecular weight is 421 g/mol. The quantitative estimate of drug-likeness (QED) is 0.431. The van der Waals surface area contributed by atoms with Gasteiger partial charge in [-0.15, -0.1) is 0 Å². The number of aromatic nitrogens is 1. The van der Waals surface area contributed by atoms with Crippen molar-refractivity contribution in [2.75, 3.05) is 0 Å². The van der Waals surface area contributed by atoms with E-state index in [-0.39, 0.29) is 17.9 Å². The van der Waals surface area contributed by atoms with E-state index in [2.05, 4.69) is 72.0 Å². The third-order valence-corrected chi connectivity index (χ3v) is 6.66. The van der Waals surface area contributed by atoms with Gasteiger partial charge in [0.05, 0.1) is 6.54 Å². The summed E-state index contributed by atoms with van der Waals surface area (Å²) in [4.78, 5) is 15.5. The third kappa shape index (κ3) is 4.46. The molecule has 0 bridgehead atoms. The van der Waals surface area contributed by atoms with E-state index in [1.54, 1.807) is 0 Å². The lowest BCUT2D eigenvalue weighted by molar-refractivity contribution is -0.135. The highest BCUT2D eigenvalue weighted by Gasteiger charge is 2.46. The molecule has 3 nitrogen and oxygen atoms in total. The Kier molecular flexibility index (Phi) is 6.29. The first-order valence-electron chi connectivity index (χ1n) is 10.8. The van der Waals surface area contributed by atoms with Crippen molar-refractivity contribution in [1.29, 1.82) is 0 Å². The van der Waals surface area contributed by atoms with Crippen molar-refractivity contribution in [3.63, 3.8) is 0 Å². The van der Waals surface area contributed by atoms with Crippen LogP contribution in [0.2, 0.25) is 5.02 Å². The largest absolute Gasteiger partial charge is 0.345 e. The minimum atomic E-state index is 0.105. The van der Waals surface area contributed by atoms with E-state index in [4.69, 9.17) is 11.6 Å². The van der Waals surface area contributed by atoms with Crippen molar-refractivity contribution in [2.24, 2.45) is 5.92 Å². The van der Waals surface area contributed by atoms with Crippen LogP contribution >= 0.6 is 11.6 Å². The van der Waals surface area contributed by atoms with Gasteiger partial charge in [-0.25, -0.2) is 0 Å². The first-order chi connectivity index (χ1) is 14.6. The Balaban J connectivity index is 1.50. The lowest BCUT2D eigenvalue weighted by Gasteiger charge is -2.29. The van der Waals surface area contributed by atoms with E-state index in [0.29, 0.717) is 19.0 Å². The molecule has 1 heterocycles. The molecule has 1 saturated carbocycles. The Morgan fingerprint density at radius 1 is 1.10 bits per heavy atom. The number of rotatable bonds is 8. The maximum atomic E-state index is 13.4. The maximum absolute atomic E-state index is 13.4. The first-order valence-corrected chi connectivity index (χ1v) is 11.2. The minimum absolute atomic E-state index is 0.105. The van der Waals surface area contributed by atoms with Crippen LogP contribution < -0.4 is 0 Å². The van der Waals surface area contributed by atoms with Crippen molar-refractivity contribution < 1.29 is 4.79 Å². The lowest BCUT2D eigenvalue weighted by Crippen LogP contribution is -2.39. The Bertz CT molecular complexity index is 997. The molecule has 4 rings (SSSR count). The second-order valence-corrected chi connectivity index (χ2v) is 8.71. The smallest absolute Gasteiger partial charge is 0.226 e. The molecule has 156 valence electrons. The molecule has 1 aromatic heterocycles. The van der Waals surface area contributed by atoms with Gasteiger partial charge in [0.2, 0.25) is 5.91 Å². The molecule has 1 aliphatic carbocycles. The third-order valence-electron chi connectivity index (χ3n) is 6.30. The van der Waals surface area contributed by atoms with Gasteiger partial charge in [0.25, 0.3) is 0 Å². The van der Waals surface area contributed by atoms with Crippen LogP contribution in [-0.2, 0) is 17.9 Å². The van der Waals surface area contributed by atoms with Crippen molar-refractivity contribution in [2.45, 2.75) is 51.7 Å². The van der Waals surface area contributed by atoms with Gasteiger partial charge in [0, 0.05) is 35.4 Å². The van der Waals surface area contributed by atoms with E-state index < -0.39 is 0 Å². The zero-order valence-electron chi connectivity index (χ0n) is 17.7. The van der Waals surface area contributed by atoms with Crippen LogP contribution in [-0.4, -0.2) is 21.4 Å². The Morgan fingerprint density at radius 2 is 1.83 bits per heavy atom. The van der Waals surface area contributed by atoms with Crippen LogP contribution in [0.25, 0.3) is 0 Å². The van der Waals surface area contributed by atoms with Crippen LogP contribution in [0.15, 0.2) is 72.9 Å². The highest BCUT2D eigenvalue weighted by Crippen LogP contribution is 2.48. The molecule has 3 atom stereocenters. The first kappa shape index (κ1) is 20.7. The summed E-state index contributed by atoms with van der Waals surface area (Å²) >= 11 is 6.37. The normalized spacial score (nSPS) is 18.8. The Hall–Kier alpha value is -2.52. The second-order valence-electron chi connectivity index (χ2n) is 8.30. The summed E-state index contributed by atoms with van der Waals surface area (Å²) in [5.41, 5.74) is 3.51. The fourth-order valence-corrected chi connectivity index (χ4v) is 4.35. The number of benzene rings is 2. The van der Waals surface area contributed by atoms with Gasteiger partial charge in [-0.3, -0.25) is 4.79 Å². The van der Waals surface area contributed by atoms with Crippen molar-refractivity contribution in [3.8, 4) is 0 Å². The van der Waals surface area contributed by atoms with E-state index in [0.717, 1.165) is 29.1 Å². The van der Waals surface area contributed by atoms with Gasteiger partial charge < -0.3 is 9.47 Å². The minimum Gasteiger partial charge on any atom is -0.345 e. The maximum Gasteiger partial charge on any atom is 0.226 e. The zero-order chi connectivity index (χ0) is 21.1. The summed E-state index contributed by atoms with van der Waals surface area (Å²) in [6, 6.07) is 22.7. The fourth-order valence-electron chi connectivity index (χ4n) is 4.15. The number of halogens is 1. The summed E-state index contributed by atoms with van der Waals surface area (Å²) in [6.45, 7) is 5.64. The van der Waals surface area contributed by atoms with Crippen molar-refractivity contribution in [1.82, 2.24) is 9.47 Å². The predicted octanol–water partition coefficient (Wildman–Crippen LogP) is 6.12. The SMILES string of the molecule is CC[C@H](C)N(Cc1cccn1Cc1ccccc1Cl)C(=O)[C@H]1C[C@H]1c1ccccc1. The number of nitrogens with zero attached hydrogens (tertiary/aromatic N) is 2. The number of hydrogen-bond acceptors (Lipinski definition) is 1. The molecule has 1 aliphatic rings. The van der Waals surface area contributed by atoms with Gasteiger partial charge in [-0.2, -0.15) is 0 Å². The fraction of sp³-hybridized carbons (Fsp3) is 0.346. The number of carbonyl (C=O) groups excluding carboxylic acids is 1. The summed E-state index contributed by atoms with van der Waals surface area (Å²) in [7, 11) is 0. The topological polar surface area (TPSA) is 25.2 Å². The zero-order valence-corrected chi connectivity index (χ0v) is 18.4. The molecule has 0 N–H and O–H groups in total. The molecule has 3 aromatic rings. The average Bonchev–Trinajstić information content (AvgIpc) is 3.46. The van der Waals surface area contributed by atoms with Gasteiger partial charge in [0.15, 0.2) is 0 Å². The van der Waals surface area contributed by atoms with Crippen molar-refractivity contribution in [3.05, 3.63) is 94.8 Å². The van der Waals surface area contributed by atoms with E-state index >= 15 is 0 Å². The monoisotopic (exact) mass is 420 g/mol. The number of hydrogen-bond donors (Lipinski definition) is 0. The summed E-state index contributed by atoms with van der Waals surface area (Å²) in [6.07, 6.45) is 3.97. The molecule has 0 saturated heterocycles. The lowest BCUT2D eigenvalue weighted by atomic mass is 10.1. The standard InChI is InChI=1S/C26H29ClN2O/c1-3-19(2)29(26(30)24-16-23(24)20-10-5-4-6-11-20)18-22-13-9-15-28(22)17-21-12-7-8-14-25(21)27/h4-15,19,23-24H,3,16-18H2,1-2H3/t19-,23-,24-/m0/s1. The van der Waals surface area contributed by atoms with Crippen LogP contribution in [0.3, 0.4) is 0 Å². The van der Waals surface area contributed by atoms with Crippen molar-refractivity contribution >= 4 is 17.5 Å². The molecule has 0 aliphatic heterocycles. The Morgan fingerprint density at radius 3 is 2.57 bits per heavy atom. The van der Waals surface area contributed by atoms with Crippen LogP contribution in [0.5, 0.6) is 0 Å². The molecule has 0 radical (unpaired) electrons. The number of carbonyl (C=O) groups is 1. The predicted molar refractivity (Wildman–Crippen MR) is 123 cm³/mol. The highest BCUT2D eigenvalue weighted by molar-refractivity contribution is 6.31. The molecule has 2 aromatic carbocycles. The molecule has 0 spiro atoms. The molecule has 0 unspecified atom stereocenters. The van der Waals surface area contributed by atoms with Crippen LogP contribution in [0.1, 0.15) is 49.4 Å². The molecule has 1 amide bonds. The van der Waals surface area contributed by atoms with E-state index in [1.165, 1.54) is 5.56 Å². The highest BCUT2D eigenvalue weighted by atomic mass is 35.5. The van der Waals surface area contributed by atoms with Gasteiger partial charge in [0.1, 0.15) is 0 Å². The summed E-state index contributed by atoms with van der Waals surface area (Å²) < 4.78 is 2.20. The van der Waals surface area contributed by atoms with Crippen LogP contribution in [0, 0.1) is 5.92 Å². The summed E-state index contributed by atoms with van der Waals surface area (Å²) in [5, 5.41) is 0.774. The van der Waals surface area contributed by atoms with E-state index in [9.17, 15) is 4.79 Å². The molecule has 30 heavy (non-hydrogen) atoms. The Labute approximate surface area is 184 Å². The summed E-state index contributed by atoms with van der Waals surface area (Å²) in [5.74, 6) is 0.747. The molecular formula is C26H29ClN2O. The van der Waals surface area contributed by atoms with E-state index in [1.807, 2.05) is 24.3 Å². The molecule has 1 fully saturated rings.